The number of halogens is 3. The van der Waals surface area contributed by atoms with Crippen LogP contribution in [0.1, 0.15) is 21.7 Å². The second kappa shape index (κ2) is 6.91. The third-order valence-corrected chi connectivity index (χ3v) is 3.45. The Balaban J connectivity index is 1.84. The van der Waals surface area contributed by atoms with Gasteiger partial charge in [0.2, 0.25) is 0 Å². The molecule has 2 aromatic carbocycles. The number of rotatable bonds is 4. The second-order valence-electron chi connectivity index (χ2n) is 5.25. The standard InChI is InChI=1S/C18H11F3O5/c19-18(20,21)13-8-6-12(7-9-13)14-15(26-17(23)25-14)16(22)24-10-11-4-2-1-3-5-11/h1-9H,10H2. The van der Waals surface area contributed by atoms with Crippen molar-refractivity contribution in [1.82, 2.24) is 0 Å². The smallest absolute Gasteiger partial charge is 0.455 e. The van der Waals surface area contributed by atoms with E-state index in [1.54, 1.807) is 30.3 Å². The molecule has 0 amide bonds. The molecule has 0 bridgehead atoms. The van der Waals surface area contributed by atoms with Gasteiger partial charge in [0.05, 0.1) is 5.56 Å². The molecule has 26 heavy (non-hydrogen) atoms. The Kier molecular flexibility index (Phi) is 4.66. The first-order valence-corrected chi connectivity index (χ1v) is 7.37. The van der Waals surface area contributed by atoms with Crippen LogP contribution in [0, 0.1) is 0 Å². The minimum Gasteiger partial charge on any atom is -0.455 e. The molecule has 0 aliphatic heterocycles. The minimum absolute atomic E-state index is 0.0684. The zero-order valence-corrected chi connectivity index (χ0v) is 13.1. The van der Waals surface area contributed by atoms with E-state index < -0.39 is 29.3 Å². The van der Waals surface area contributed by atoms with Crippen molar-refractivity contribution in [3.8, 4) is 11.3 Å². The summed E-state index contributed by atoms with van der Waals surface area (Å²) in [5.41, 5.74) is -0.0846. The normalized spacial score (nSPS) is 11.3. The highest BCUT2D eigenvalue weighted by Gasteiger charge is 2.31. The van der Waals surface area contributed by atoms with Gasteiger partial charge in [-0.1, -0.05) is 42.5 Å². The van der Waals surface area contributed by atoms with Gasteiger partial charge in [0.15, 0.2) is 5.76 Å². The minimum atomic E-state index is -4.51. The monoisotopic (exact) mass is 364 g/mol. The number of benzene rings is 2. The Hall–Kier alpha value is -3.29. The lowest BCUT2D eigenvalue weighted by atomic mass is 10.1. The van der Waals surface area contributed by atoms with Crippen LogP contribution in [0.2, 0.25) is 0 Å². The molecule has 134 valence electrons. The van der Waals surface area contributed by atoms with Crippen LogP contribution in [0.4, 0.5) is 13.2 Å². The van der Waals surface area contributed by atoms with E-state index in [2.05, 4.69) is 0 Å². The van der Waals surface area contributed by atoms with Crippen molar-refractivity contribution >= 4 is 5.97 Å². The molecule has 5 nitrogen and oxygen atoms in total. The molecule has 0 aliphatic rings. The summed E-state index contributed by atoms with van der Waals surface area (Å²) in [4.78, 5) is 23.5. The average Bonchev–Trinajstić information content (AvgIpc) is 3.02. The highest BCUT2D eigenvalue weighted by Crippen LogP contribution is 2.31. The number of hydrogen-bond acceptors (Lipinski definition) is 5. The maximum absolute atomic E-state index is 12.6. The van der Waals surface area contributed by atoms with Crippen LogP contribution < -0.4 is 5.82 Å². The largest absolute Gasteiger partial charge is 0.519 e. The number of carbonyl (C=O) groups is 1. The van der Waals surface area contributed by atoms with Crippen molar-refractivity contribution in [3.05, 3.63) is 82.1 Å². The van der Waals surface area contributed by atoms with Gasteiger partial charge in [-0.25, -0.2) is 9.59 Å². The maximum Gasteiger partial charge on any atom is 0.519 e. The van der Waals surface area contributed by atoms with Gasteiger partial charge in [0.25, 0.3) is 5.76 Å². The van der Waals surface area contributed by atoms with Gasteiger partial charge < -0.3 is 13.6 Å². The summed E-state index contributed by atoms with van der Waals surface area (Å²) in [5.74, 6) is -2.92. The van der Waals surface area contributed by atoms with E-state index in [-0.39, 0.29) is 17.9 Å². The average molecular weight is 364 g/mol. The maximum atomic E-state index is 12.6. The highest BCUT2D eigenvalue weighted by molar-refractivity contribution is 5.92. The van der Waals surface area contributed by atoms with Crippen molar-refractivity contribution in [2.45, 2.75) is 12.8 Å². The van der Waals surface area contributed by atoms with E-state index in [4.69, 9.17) is 13.6 Å². The molecule has 0 fully saturated rings. The van der Waals surface area contributed by atoms with Gasteiger partial charge in [-0.15, -0.1) is 0 Å². The summed E-state index contributed by atoms with van der Waals surface area (Å²) in [6, 6.07) is 12.5. The molecule has 0 aliphatic carbocycles. The van der Waals surface area contributed by atoms with Crippen molar-refractivity contribution in [1.29, 1.82) is 0 Å². The number of alkyl halides is 3. The lowest BCUT2D eigenvalue weighted by molar-refractivity contribution is -0.137. The van der Waals surface area contributed by atoms with Gasteiger partial charge in [-0.3, -0.25) is 0 Å². The van der Waals surface area contributed by atoms with Crippen LogP contribution >= 0.6 is 0 Å². The topological polar surface area (TPSA) is 69.7 Å². The number of carbonyl (C=O) groups excluding carboxylic acids is 1. The molecule has 0 unspecified atom stereocenters. The van der Waals surface area contributed by atoms with Crippen molar-refractivity contribution < 1.29 is 31.5 Å². The van der Waals surface area contributed by atoms with E-state index in [1.165, 1.54) is 0 Å². The van der Waals surface area contributed by atoms with Gasteiger partial charge in [0.1, 0.15) is 6.61 Å². The number of hydrogen-bond donors (Lipinski definition) is 0. The molecule has 0 spiro atoms. The summed E-state index contributed by atoms with van der Waals surface area (Å²) >= 11 is 0. The first kappa shape index (κ1) is 17.5. The molecule has 1 heterocycles. The fourth-order valence-electron chi connectivity index (χ4n) is 2.20. The van der Waals surface area contributed by atoms with Gasteiger partial charge in [-0.05, 0) is 17.7 Å². The van der Waals surface area contributed by atoms with Gasteiger partial charge in [0, 0.05) is 5.56 Å². The van der Waals surface area contributed by atoms with Crippen LogP contribution in [0.25, 0.3) is 11.3 Å². The summed E-state index contributed by atoms with van der Waals surface area (Å²) in [6.45, 7) is -0.0684. The predicted octanol–water partition coefficient (Wildman–Crippen LogP) is 4.28. The molecule has 0 atom stereocenters. The molecule has 1 aromatic heterocycles. The Labute approximate surface area is 144 Å². The third-order valence-electron chi connectivity index (χ3n) is 3.45. The van der Waals surface area contributed by atoms with E-state index in [0.29, 0.717) is 5.56 Å². The van der Waals surface area contributed by atoms with Crippen LogP contribution in [0.5, 0.6) is 0 Å². The molecule has 0 saturated heterocycles. The third kappa shape index (κ3) is 3.85. The lowest BCUT2D eigenvalue weighted by Gasteiger charge is -2.07. The van der Waals surface area contributed by atoms with E-state index >= 15 is 0 Å². The zero-order chi connectivity index (χ0) is 18.7. The first-order valence-electron chi connectivity index (χ1n) is 7.37. The summed E-state index contributed by atoms with van der Waals surface area (Å²) < 4.78 is 52.4. The van der Waals surface area contributed by atoms with Crippen molar-refractivity contribution in [2.24, 2.45) is 0 Å². The van der Waals surface area contributed by atoms with Gasteiger partial charge in [-0.2, -0.15) is 13.2 Å². The van der Waals surface area contributed by atoms with Crippen LogP contribution in [-0.4, -0.2) is 5.97 Å². The predicted molar refractivity (Wildman–Crippen MR) is 83.2 cm³/mol. The molecule has 8 heteroatoms. The zero-order valence-electron chi connectivity index (χ0n) is 13.1. The second-order valence-corrected chi connectivity index (χ2v) is 5.25. The summed E-state index contributed by atoms with van der Waals surface area (Å²) in [6.07, 6.45) is -4.51. The van der Waals surface area contributed by atoms with E-state index in [0.717, 1.165) is 24.3 Å². The van der Waals surface area contributed by atoms with E-state index in [9.17, 15) is 22.8 Å². The summed E-state index contributed by atoms with van der Waals surface area (Å²) in [5, 5.41) is 0. The highest BCUT2D eigenvalue weighted by atomic mass is 19.4. The van der Waals surface area contributed by atoms with Crippen LogP contribution in [-0.2, 0) is 17.5 Å². The van der Waals surface area contributed by atoms with Gasteiger partial charge >= 0.3 is 18.0 Å². The Bertz CT molecular complexity index is 953. The fraction of sp³-hybridized carbons (Fsp3) is 0.111. The molecule has 0 radical (unpaired) electrons. The Morgan fingerprint density at radius 1 is 0.962 bits per heavy atom. The number of ether oxygens (including phenoxy) is 1. The Morgan fingerprint density at radius 3 is 2.23 bits per heavy atom. The molecular formula is C18H11F3O5. The quantitative estimate of drug-likeness (QED) is 0.647. The molecule has 3 rings (SSSR count). The lowest BCUT2D eigenvalue weighted by Crippen LogP contribution is -2.06. The molecule has 0 N–H and O–H groups in total. The molecule has 0 saturated carbocycles. The van der Waals surface area contributed by atoms with Crippen molar-refractivity contribution in [3.63, 3.8) is 0 Å². The first-order chi connectivity index (χ1) is 12.3. The van der Waals surface area contributed by atoms with Crippen LogP contribution in [0.3, 0.4) is 0 Å². The Morgan fingerprint density at radius 2 is 1.62 bits per heavy atom. The number of esters is 1. The molecule has 3 aromatic rings. The van der Waals surface area contributed by atoms with Crippen LogP contribution in [0.15, 0.2) is 68.2 Å². The SMILES string of the molecule is O=C(OCc1ccccc1)c1oc(=O)oc1-c1ccc(C(F)(F)F)cc1. The molecular weight excluding hydrogens is 353 g/mol. The summed E-state index contributed by atoms with van der Waals surface area (Å²) in [7, 11) is 0. The van der Waals surface area contributed by atoms with Crippen molar-refractivity contribution in [2.75, 3.05) is 0 Å². The van der Waals surface area contributed by atoms with E-state index in [1.807, 2.05) is 0 Å². The fourth-order valence-corrected chi connectivity index (χ4v) is 2.20.